The van der Waals surface area contributed by atoms with Gasteiger partial charge in [0.05, 0.1) is 25.4 Å². The van der Waals surface area contributed by atoms with Gasteiger partial charge < -0.3 is 19.5 Å². The van der Waals surface area contributed by atoms with E-state index in [1.807, 2.05) is 6.92 Å². The molecule has 4 nitrogen and oxygen atoms in total. The van der Waals surface area contributed by atoms with Crippen LogP contribution in [0.15, 0.2) is 0 Å². The molecule has 0 heterocycles. The largest absolute Gasteiger partial charge is 0.389 e. The Morgan fingerprint density at radius 2 is 1.95 bits per heavy atom. The molecule has 4 atom stereocenters. The first-order chi connectivity index (χ1) is 9.04. The van der Waals surface area contributed by atoms with Gasteiger partial charge >= 0.3 is 0 Å². The highest BCUT2D eigenvalue weighted by Crippen LogP contribution is 2.27. The third-order valence-corrected chi connectivity index (χ3v) is 4.11. The quantitative estimate of drug-likeness (QED) is 0.733. The minimum Gasteiger partial charge on any atom is -0.389 e. The molecule has 0 spiro atoms. The van der Waals surface area contributed by atoms with Gasteiger partial charge in [0.1, 0.15) is 0 Å². The van der Waals surface area contributed by atoms with E-state index in [9.17, 15) is 5.11 Å². The van der Waals surface area contributed by atoms with Crippen molar-refractivity contribution in [2.45, 2.75) is 57.8 Å². The smallest absolute Gasteiger partial charge is 0.0900 e. The Labute approximate surface area is 118 Å². The average Bonchev–Trinajstić information content (AvgIpc) is 2.37. The van der Waals surface area contributed by atoms with Crippen molar-refractivity contribution in [3.05, 3.63) is 0 Å². The van der Waals surface area contributed by atoms with Gasteiger partial charge in [0, 0.05) is 19.7 Å². The van der Waals surface area contributed by atoms with Gasteiger partial charge in [0.2, 0.25) is 0 Å². The number of aliphatic hydroxyl groups excluding tert-OH is 1. The fourth-order valence-corrected chi connectivity index (χ4v) is 3.03. The Kier molecular flexibility index (Phi) is 7.91. The van der Waals surface area contributed by atoms with Crippen molar-refractivity contribution in [3.8, 4) is 0 Å². The summed E-state index contributed by atoms with van der Waals surface area (Å²) < 4.78 is 10.6. The second-order valence-corrected chi connectivity index (χ2v) is 6.02. The summed E-state index contributed by atoms with van der Waals surface area (Å²) in [6, 6.07) is 0.611. The summed E-state index contributed by atoms with van der Waals surface area (Å²) in [5, 5.41) is 10.0. The molecule has 0 aromatic carbocycles. The van der Waals surface area contributed by atoms with Crippen LogP contribution in [0.25, 0.3) is 0 Å². The summed E-state index contributed by atoms with van der Waals surface area (Å²) in [4.78, 5) is 2.30. The summed E-state index contributed by atoms with van der Waals surface area (Å²) in [6.45, 7) is 5.93. The highest BCUT2D eigenvalue weighted by molar-refractivity contribution is 4.80. The Bertz CT molecular complexity index is 237. The average molecular weight is 273 g/mol. The SMILES string of the molecule is COCC(C)OCC(O)CN(C)C1CCCCC1C. The molecule has 114 valence electrons. The molecule has 1 rings (SSSR count). The molecule has 0 aliphatic heterocycles. The van der Waals surface area contributed by atoms with Gasteiger partial charge in [0.15, 0.2) is 0 Å². The summed E-state index contributed by atoms with van der Waals surface area (Å²) in [5.41, 5.74) is 0. The number of nitrogens with zero attached hydrogens (tertiary/aromatic N) is 1. The van der Waals surface area contributed by atoms with Crippen LogP contribution in [0.1, 0.15) is 39.5 Å². The molecular formula is C15H31NO3. The third kappa shape index (κ3) is 6.21. The van der Waals surface area contributed by atoms with Crippen LogP contribution in [-0.2, 0) is 9.47 Å². The molecular weight excluding hydrogens is 242 g/mol. The van der Waals surface area contributed by atoms with E-state index in [1.54, 1.807) is 7.11 Å². The first-order valence-corrected chi connectivity index (χ1v) is 7.53. The number of rotatable bonds is 8. The van der Waals surface area contributed by atoms with Gasteiger partial charge in [-0.15, -0.1) is 0 Å². The zero-order valence-electron chi connectivity index (χ0n) is 13.0. The van der Waals surface area contributed by atoms with Gasteiger partial charge in [-0.1, -0.05) is 19.8 Å². The molecule has 19 heavy (non-hydrogen) atoms. The van der Waals surface area contributed by atoms with Crippen molar-refractivity contribution >= 4 is 0 Å². The lowest BCUT2D eigenvalue weighted by Crippen LogP contribution is -2.44. The Balaban J connectivity index is 2.24. The molecule has 0 amide bonds. The second kappa shape index (κ2) is 8.90. The van der Waals surface area contributed by atoms with Crippen LogP contribution in [0.4, 0.5) is 0 Å². The molecule has 0 aromatic heterocycles. The number of methoxy groups -OCH3 is 1. The normalized spacial score (nSPS) is 27.5. The number of hydrogen-bond acceptors (Lipinski definition) is 4. The minimum atomic E-state index is -0.418. The summed E-state index contributed by atoms with van der Waals surface area (Å²) in [5.74, 6) is 0.735. The van der Waals surface area contributed by atoms with E-state index in [4.69, 9.17) is 9.47 Å². The number of aliphatic hydroxyl groups is 1. The highest BCUT2D eigenvalue weighted by atomic mass is 16.5. The van der Waals surface area contributed by atoms with E-state index >= 15 is 0 Å². The molecule has 4 heteroatoms. The molecule has 1 saturated carbocycles. The van der Waals surface area contributed by atoms with Crippen molar-refractivity contribution in [1.82, 2.24) is 4.90 Å². The predicted molar refractivity (Wildman–Crippen MR) is 77.3 cm³/mol. The molecule has 0 bridgehead atoms. The summed E-state index contributed by atoms with van der Waals surface area (Å²) in [7, 11) is 3.78. The van der Waals surface area contributed by atoms with Crippen molar-refractivity contribution in [2.24, 2.45) is 5.92 Å². The van der Waals surface area contributed by atoms with Crippen LogP contribution in [-0.4, -0.2) is 62.2 Å². The second-order valence-electron chi connectivity index (χ2n) is 6.02. The Morgan fingerprint density at radius 3 is 2.58 bits per heavy atom. The maximum atomic E-state index is 10.0. The van der Waals surface area contributed by atoms with Gasteiger partial charge in [-0.2, -0.15) is 0 Å². The maximum absolute atomic E-state index is 10.0. The molecule has 0 saturated heterocycles. The molecule has 0 radical (unpaired) electrons. The molecule has 0 aromatic rings. The van der Waals surface area contributed by atoms with Gasteiger partial charge in [-0.25, -0.2) is 0 Å². The predicted octanol–water partition coefficient (Wildman–Crippen LogP) is 1.91. The maximum Gasteiger partial charge on any atom is 0.0900 e. The highest BCUT2D eigenvalue weighted by Gasteiger charge is 2.26. The van der Waals surface area contributed by atoms with Crippen molar-refractivity contribution < 1.29 is 14.6 Å². The third-order valence-electron chi connectivity index (χ3n) is 4.11. The monoisotopic (exact) mass is 273 g/mol. The van der Waals surface area contributed by atoms with Crippen LogP contribution < -0.4 is 0 Å². The van der Waals surface area contributed by atoms with E-state index < -0.39 is 6.10 Å². The van der Waals surface area contributed by atoms with E-state index in [0.717, 1.165) is 5.92 Å². The van der Waals surface area contributed by atoms with Crippen molar-refractivity contribution in [2.75, 3.05) is 33.9 Å². The lowest BCUT2D eigenvalue weighted by atomic mass is 9.85. The van der Waals surface area contributed by atoms with Crippen LogP contribution in [0.3, 0.4) is 0 Å². The Morgan fingerprint density at radius 1 is 1.26 bits per heavy atom. The molecule has 1 fully saturated rings. The van der Waals surface area contributed by atoms with Gasteiger partial charge in [-0.05, 0) is 32.7 Å². The molecule has 4 unspecified atom stereocenters. The van der Waals surface area contributed by atoms with Crippen molar-refractivity contribution in [1.29, 1.82) is 0 Å². The fraction of sp³-hybridized carbons (Fsp3) is 1.00. The van der Waals surface area contributed by atoms with Gasteiger partial charge in [0.25, 0.3) is 0 Å². The Hall–Kier alpha value is -0.160. The van der Waals surface area contributed by atoms with Crippen molar-refractivity contribution in [3.63, 3.8) is 0 Å². The van der Waals surface area contributed by atoms with Crippen LogP contribution in [0.5, 0.6) is 0 Å². The first-order valence-electron chi connectivity index (χ1n) is 7.53. The topological polar surface area (TPSA) is 41.9 Å². The lowest BCUT2D eigenvalue weighted by molar-refractivity contribution is -0.0434. The van der Waals surface area contributed by atoms with Crippen LogP contribution in [0, 0.1) is 5.92 Å². The number of ether oxygens (including phenoxy) is 2. The standard InChI is InChI=1S/C15H31NO3/c1-12-7-5-6-8-15(12)16(3)9-14(17)11-19-13(2)10-18-4/h12-15,17H,5-11H2,1-4H3. The first kappa shape index (κ1) is 16.9. The molecule has 1 aliphatic rings. The van der Waals surface area contributed by atoms with E-state index in [1.165, 1.54) is 25.7 Å². The fourth-order valence-electron chi connectivity index (χ4n) is 3.03. The van der Waals surface area contributed by atoms with E-state index in [2.05, 4.69) is 18.9 Å². The molecule has 1 aliphatic carbocycles. The van der Waals surface area contributed by atoms with Crippen LogP contribution >= 0.6 is 0 Å². The zero-order valence-corrected chi connectivity index (χ0v) is 13.0. The summed E-state index contributed by atoms with van der Waals surface area (Å²) in [6.07, 6.45) is 4.86. The van der Waals surface area contributed by atoms with E-state index in [0.29, 0.717) is 25.8 Å². The lowest BCUT2D eigenvalue weighted by Gasteiger charge is -2.37. The van der Waals surface area contributed by atoms with E-state index in [-0.39, 0.29) is 6.10 Å². The van der Waals surface area contributed by atoms with Crippen LogP contribution in [0.2, 0.25) is 0 Å². The number of likely N-dealkylation sites (N-methyl/N-ethyl adjacent to an activating group) is 1. The summed E-state index contributed by atoms with van der Waals surface area (Å²) >= 11 is 0. The molecule has 1 N–H and O–H groups in total. The van der Waals surface area contributed by atoms with Gasteiger partial charge in [-0.3, -0.25) is 0 Å². The zero-order chi connectivity index (χ0) is 14.3. The number of hydrogen-bond donors (Lipinski definition) is 1. The minimum absolute atomic E-state index is 0.0403.